The number of piperidine rings is 1. The topological polar surface area (TPSA) is 122 Å². The van der Waals surface area contributed by atoms with E-state index in [-0.39, 0.29) is 6.10 Å². The first-order valence-electron chi connectivity index (χ1n) is 10.8. The zero-order valence-corrected chi connectivity index (χ0v) is 17.9. The average Bonchev–Trinajstić information content (AvgIpc) is 3.40. The molecule has 33 heavy (non-hydrogen) atoms. The van der Waals surface area contributed by atoms with Crippen molar-refractivity contribution in [3.8, 4) is 17.3 Å². The molecular formula is C24H22N8O. The Kier molecular flexibility index (Phi) is 5.74. The zero-order valence-electron chi connectivity index (χ0n) is 17.9. The highest BCUT2D eigenvalue weighted by Crippen LogP contribution is 2.29. The van der Waals surface area contributed by atoms with Crippen LogP contribution >= 0.6 is 0 Å². The van der Waals surface area contributed by atoms with E-state index in [2.05, 4.69) is 41.5 Å². The molecule has 0 saturated carbocycles. The molecule has 2 N–H and O–H groups in total. The lowest BCUT2D eigenvalue weighted by atomic mass is 10.0. The first-order chi connectivity index (χ1) is 16.2. The van der Waals surface area contributed by atoms with Crippen molar-refractivity contribution in [1.29, 1.82) is 5.26 Å². The van der Waals surface area contributed by atoms with Gasteiger partial charge in [-0.1, -0.05) is 6.07 Å². The second-order valence-electron chi connectivity index (χ2n) is 7.89. The maximum atomic E-state index is 9.76. The number of amidine groups is 1. The van der Waals surface area contributed by atoms with E-state index < -0.39 is 0 Å². The zero-order chi connectivity index (χ0) is 22.6. The molecule has 2 aliphatic heterocycles. The number of anilines is 3. The molecule has 164 valence electrons. The Morgan fingerprint density at radius 1 is 1.03 bits per heavy atom. The second kappa shape index (κ2) is 9.14. The van der Waals surface area contributed by atoms with Crippen LogP contribution in [0.2, 0.25) is 0 Å². The third kappa shape index (κ3) is 4.56. The van der Waals surface area contributed by atoms with Gasteiger partial charge in [0, 0.05) is 36.1 Å². The Hall–Kier alpha value is -4.16. The molecule has 0 unspecified atom stereocenters. The molecule has 5 rings (SSSR count). The van der Waals surface area contributed by atoms with E-state index >= 15 is 0 Å². The molecule has 0 spiro atoms. The van der Waals surface area contributed by atoms with E-state index in [0.717, 1.165) is 41.3 Å². The predicted molar refractivity (Wildman–Crippen MR) is 126 cm³/mol. The summed E-state index contributed by atoms with van der Waals surface area (Å²) < 4.78 is 0. The van der Waals surface area contributed by atoms with Gasteiger partial charge < -0.3 is 15.3 Å². The number of hydrogen-bond donors (Lipinski definition) is 2. The number of benzene rings is 2. The summed E-state index contributed by atoms with van der Waals surface area (Å²) in [5.74, 6) is 1.10. The van der Waals surface area contributed by atoms with E-state index in [1.165, 1.54) is 0 Å². The lowest BCUT2D eigenvalue weighted by Crippen LogP contribution is -2.36. The molecule has 2 aromatic carbocycles. The highest BCUT2D eigenvalue weighted by Gasteiger charge is 2.20. The van der Waals surface area contributed by atoms with Gasteiger partial charge in [-0.25, -0.2) is 15.0 Å². The number of hydrogen-bond acceptors (Lipinski definition) is 9. The molecular weight excluding hydrogens is 416 g/mol. The molecule has 0 aliphatic carbocycles. The summed E-state index contributed by atoms with van der Waals surface area (Å²) in [6, 6.07) is 17.6. The fraction of sp³-hybridized carbons (Fsp3) is 0.250. The molecule has 0 radical (unpaired) electrons. The van der Waals surface area contributed by atoms with Crippen LogP contribution in [0.25, 0.3) is 11.3 Å². The monoisotopic (exact) mass is 438 g/mol. The van der Waals surface area contributed by atoms with Crippen LogP contribution in [-0.4, -0.2) is 46.8 Å². The van der Waals surface area contributed by atoms with E-state index in [9.17, 15) is 10.4 Å². The van der Waals surface area contributed by atoms with Gasteiger partial charge in [-0.15, -0.1) is 5.11 Å². The van der Waals surface area contributed by atoms with Gasteiger partial charge in [0.1, 0.15) is 6.07 Å². The first kappa shape index (κ1) is 20.7. The summed E-state index contributed by atoms with van der Waals surface area (Å²) in [4.78, 5) is 15.3. The van der Waals surface area contributed by atoms with Gasteiger partial charge >= 0.3 is 0 Å². The first-order valence-corrected chi connectivity index (χ1v) is 10.8. The number of nitrogens with one attached hydrogen (secondary N) is 1. The number of rotatable bonds is 5. The van der Waals surface area contributed by atoms with Gasteiger partial charge in [0.05, 0.1) is 23.0 Å². The molecule has 1 aromatic heterocycles. The average molecular weight is 438 g/mol. The van der Waals surface area contributed by atoms with Crippen LogP contribution in [0.15, 0.2) is 69.9 Å². The highest BCUT2D eigenvalue weighted by atomic mass is 16.3. The van der Waals surface area contributed by atoms with Gasteiger partial charge in [-0.05, 0) is 55.3 Å². The van der Waals surface area contributed by atoms with Crippen molar-refractivity contribution in [2.75, 3.05) is 30.0 Å². The molecule has 9 nitrogen and oxygen atoms in total. The molecule has 9 heteroatoms. The van der Waals surface area contributed by atoms with Crippen LogP contribution in [0.5, 0.6) is 0 Å². The Morgan fingerprint density at radius 2 is 1.82 bits per heavy atom. The molecule has 1 fully saturated rings. The standard InChI is InChI=1S/C24H22N8O/c25-14-18-13-17(3-6-22(18)32-11-8-20(33)9-12-32)21-7-10-26-24(30-21)29-19-4-1-16(2-5-19)23-27-15-28-31-23/h1-7,10,13,20,33H,8-9,11-12,15H2,(H,26,29,30). The number of aliphatic hydroxyl groups excluding tert-OH is 1. The summed E-state index contributed by atoms with van der Waals surface area (Å²) >= 11 is 0. The molecule has 0 amide bonds. The Balaban J connectivity index is 1.34. The summed E-state index contributed by atoms with van der Waals surface area (Å²) in [5.41, 5.74) is 4.81. The van der Waals surface area contributed by atoms with Crippen molar-refractivity contribution >= 4 is 23.2 Å². The van der Waals surface area contributed by atoms with Crippen LogP contribution < -0.4 is 10.2 Å². The minimum atomic E-state index is -0.254. The van der Waals surface area contributed by atoms with E-state index in [1.807, 2.05) is 48.5 Å². The third-order valence-electron chi connectivity index (χ3n) is 5.72. The van der Waals surface area contributed by atoms with Gasteiger partial charge in [-0.3, -0.25) is 0 Å². The molecule has 0 bridgehead atoms. The highest BCUT2D eigenvalue weighted by molar-refractivity contribution is 6.00. The quantitative estimate of drug-likeness (QED) is 0.623. The summed E-state index contributed by atoms with van der Waals surface area (Å²) in [7, 11) is 0. The number of nitrogens with zero attached hydrogens (tertiary/aromatic N) is 7. The molecule has 1 saturated heterocycles. The number of aliphatic imine (C=N–C) groups is 1. The molecule has 3 heterocycles. The van der Waals surface area contributed by atoms with Crippen molar-refractivity contribution in [1.82, 2.24) is 9.97 Å². The van der Waals surface area contributed by atoms with Crippen LogP contribution in [0.1, 0.15) is 24.0 Å². The minimum Gasteiger partial charge on any atom is -0.393 e. The fourth-order valence-electron chi connectivity index (χ4n) is 3.96. The van der Waals surface area contributed by atoms with Crippen LogP contribution in [0, 0.1) is 11.3 Å². The smallest absolute Gasteiger partial charge is 0.227 e. The number of aromatic nitrogens is 2. The van der Waals surface area contributed by atoms with Gasteiger partial charge in [0.2, 0.25) is 5.95 Å². The fourth-order valence-corrected chi connectivity index (χ4v) is 3.96. The Bertz CT molecular complexity index is 1250. The minimum absolute atomic E-state index is 0.254. The third-order valence-corrected chi connectivity index (χ3v) is 5.72. The summed E-state index contributed by atoms with van der Waals surface area (Å²) in [6.45, 7) is 1.86. The van der Waals surface area contributed by atoms with Gasteiger partial charge in [-0.2, -0.15) is 10.4 Å². The van der Waals surface area contributed by atoms with Crippen molar-refractivity contribution in [2.24, 2.45) is 15.2 Å². The van der Waals surface area contributed by atoms with Crippen molar-refractivity contribution in [2.45, 2.75) is 18.9 Å². The van der Waals surface area contributed by atoms with Gasteiger partial charge in [0.25, 0.3) is 0 Å². The lowest BCUT2D eigenvalue weighted by molar-refractivity contribution is 0.145. The SMILES string of the molecule is N#Cc1cc(-c2ccnc(Nc3ccc(C4=NCN=N4)cc3)n2)ccc1N1CCC(O)CC1. The second-order valence-corrected chi connectivity index (χ2v) is 7.89. The Labute approximate surface area is 191 Å². The van der Waals surface area contributed by atoms with Crippen LogP contribution in [0.3, 0.4) is 0 Å². The number of aliphatic hydroxyl groups is 1. The molecule has 2 aliphatic rings. The van der Waals surface area contributed by atoms with Crippen molar-refractivity contribution in [3.05, 3.63) is 65.9 Å². The van der Waals surface area contributed by atoms with Crippen LogP contribution in [-0.2, 0) is 0 Å². The number of nitriles is 1. The van der Waals surface area contributed by atoms with Gasteiger partial charge in [0.15, 0.2) is 12.5 Å². The maximum absolute atomic E-state index is 9.76. The van der Waals surface area contributed by atoms with E-state index in [4.69, 9.17) is 0 Å². The number of azo groups is 1. The Morgan fingerprint density at radius 3 is 2.55 bits per heavy atom. The predicted octanol–water partition coefficient (Wildman–Crippen LogP) is 3.89. The summed E-state index contributed by atoms with van der Waals surface area (Å²) in [5, 5.41) is 30.6. The van der Waals surface area contributed by atoms with E-state index in [0.29, 0.717) is 36.9 Å². The maximum Gasteiger partial charge on any atom is 0.227 e. The van der Waals surface area contributed by atoms with Crippen molar-refractivity contribution < 1.29 is 5.11 Å². The largest absolute Gasteiger partial charge is 0.393 e. The lowest BCUT2D eigenvalue weighted by Gasteiger charge is -2.32. The van der Waals surface area contributed by atoms with Crippen LogP contribution in [0.4, 0.5) is 17.3 Å². The summed E-state index contributed by atoms with van der Waals surface area (Å²) in [6.07, 6.45) is 2.87. The van der Waals surface area contributed by atoms with Crippen molar-refractivity contribution in [3.63, 3.8) is 0 Å². The molecule has 0 atom stereocenters. The molecule has 3 aromatic rings. The van der Waals surface area contributed by atoms with E-state index in [1.54, 1.807) is 6.20 Å². The normalized spacial score (nSPS) is 15.9.